The molecule has 0 saturated carbocycles. The van der Waals surface area contributed by atoms with Crippen molar-refractivity contribution in [3.05, 3.63) is 71.3 Å². The molecule has 2 rings (SSSR count). The van der Waals surface area contributed by atoms with E-state index in [1.54, 1.807) is 42.5 Å². The molecule has 0 radical (unpaired) electrons. The van der Waals surface area contributed by atoms with Crippen LogP contribution in [0.5, 0.6) is 0 Å². The summed E-state index contributed by atoms with van der Waals surface area (Å²) >= 11 is 0. The van der Waals surface area contributed by atoms with Gasteiger partial charge in [-0.3, -0.25) is 9.59 Å². The maximum Gasteiger partial charge on any atom is 0.234 e. The average molecular weight is 235 g/mol. The van der Waals surface area contributed by atoms with Gasteiger partial charge in [0.25, 0.3) is 0 Å². The lowest BCUT2D eigenvalue weighted by molar-refractivity contribution is 0.0817. The van der Waals surface area contributed by atoms with Crippen molar-refractivity contribution in [3.8, 4) is 6.07 Å². The largest absolute Gasteiger partial charge is 0.285 e. The van der Waals surface area contributed by atoms with Crippen LogP contribution in [0, 0.1) is 11.3 Å². The molecule has 0 N–H and O–H groups in total. The van der Waals surface area contributed by atoms with E-state index in [-0.39, 0.29) is 11.1 Å². The van der Waals surface area contributed by atoms with Crippen molar-refractivity contribution < 1.29 is 9.59 Å². The molecule has 0 aliphatic carbocycles. The zero-order valence-corrected chi connectivity index (χ0v) is 9.46. The van der Waals surface area contributed by atoms with Gasteiger partial charge < -0.3 is 0 Å². The van der Waals surface area contributed by atoms with Gasteiger partial charge in [0.05, 0.1) is 11.6 Å². The molecule has 86 valence electrons. The van der Waals surface area contributed by atoms with E-state index in [2.05, 4.69) is 0 Å². The second-order valence-corrected chi connectivity index (χ2v) is 3.68. The topological polar surface area (TPSA) is 57.9 Å². The summed E-state index contributed by atoms with van der Waals surface area (Å²) in [6.07, 6.45) is 0. The summed E-state index contributed by atoms with van der Waals surface area (Å²) in [6.45, 7) is 0. The van der Waals surface area contributed by atoms with E-state index >= 15 is 0 Å². The third-order valence-corrected chi connectivity index (χ3v) is 2.53. The number of hydrogen-bond donors (Lipinski definition) is 0. The molecule has 18 heavy (non-hydrogen) atoms. The van der Waals surface area contributed by atoms with E-state index in [0.29, 0.717) is 5.56 Å². The number of benzene rings is 2. The van der Waals surface area contributed by atoms with Crippen molar-refractivity contribution in [2.45, 2.75) is 0 Å². The fourth-order valence-electron chi connectivity index (χ4n) is 1.62. The molecule has 0 atom stereocenters. The van der Waals surface area contributed by atoms with Gasteiger partial charge in [0, 0.05) is 11.1 Å². The van der Waals surface area contributed by atoms with Crippen molar-refractivity contribution in [2.24, 2.45) is 0 Å². The van der Waals surface area contributed by atoms with Crippen LogP contribution in [0.1, 0.15) is 26.3 Å². The monoisotopic (exact) mass is 235 g/mol. The van der Waals surface area contributed by atoms with Gasteiger partial charge in [-0.25, -0.2) is 0 Å². The minimum Gasteiger partial charge on any atom is -0.285 e. The van der Waals surface area contributed by atoms with Crippen molar-refractivity contribution in [2.75, 3.05) is 0 Å². The molecule has 0 aliphatic rings. The smallest absolute Gasteiger partial charge is 0.234 e. The lowest BCUT2D eigenvalue weighted by Crippen LogP contribution is -2.15. The number of hydrogen-bond acceptors (Lipinski definition) is 3. The van der Waals surface area contributed by atoms with Crippen molar-refractivity contribution in [1.29, 1.82) is 5.26 Å². The SMILES string of the molecule is N#Cc1ccccc1C(=O)C(=O)c1ccccc1. The summed E-state index contributed by atoms with van der Waals surface area (Å²) in [5.41, 5.74) is 0.691. The Hall–Kier alpha value is -2.73. The van der Waals surface area contributed by atoms with E-state index in [4.69, 9.17) is 5.26 Å². The van der Waals surface area contributed by atoms with Crippen LogP contribution in [0.15, 0.2) is 54.6 Å². The Labute approximate surface area is 104 Å². The van der Waals surface area contributed by atoms with Crippen LogP contribution in [-0.2, 0) is 0 Å². The van der Waals surface area contributed by atoms with Crippen molar-refractivity contribution in [3.63, 3.8) is 0 Å². The number of nitriles is 1. The molecule has 0 bridgehead atoms. The third-order valence-electron chi connectivity index (χ3n) is 2.53. The summed E-state index contributed by atoms with van der Waals surface area (Å²) in [6, 6.07) is 16.5. The predicted molar refractivity (Wildman–Crippen MR) is 66.3 cm³/mol. The van der Waals surface area contributed by atoms with Gasteiger partial charge in [-0.15, -0.1) is 0 Å². The third kappa shape index (κ3) is 2.18. The van der Waals surface area contributed by atoms with Crippen LogP contribution in [0.4, 0.5) is 0 Å². The lowest BCUT2D eigenvalue weighted by atomic mass is 9.98. The van der Waals surface area contributed by atoms with Gasteiger partial charge in [-0.1, -0.05) is 42.5 Å². The molecular weight excluding hydrogens is 226 g/mol. The molecular formula is C15H9NO2. The number of nitrogens with zero attached hydrogens (tertiary/aromatic N) is 1. The summed E-state index contributed by atoms with van der Waals surface area (Å²) in [4.78, 5) is 24.0. The Kier molecular flexibility index (Phi) is 3.31. The first kappa shape index (κ1) is 11.7. The summed E-state index contributed by atoms with van der Waals surface area (Å²) in [7, 11) is 0. The van der Waals surface area contributed by atoms with Gasteiger partial charge in [0.1, 0.15) is 0 Å². The highest BCUT2D eigenvalue weighted by molar-refractivity contribution is 6.49. The highest BCUT2D eigenvalue weighted by Crippen LogP contribution is 2.12. The van der Waals surface area contributed by atoms with Crippen LogP contribution in [0.2, 0.25) is 0 Å². The maximum atomic E-state index is 12.0. The Morgan fingerprint density at radius 2 is 1.44 bits per heavy atom. The van der Waals surface area contributed by atoms with E-state index in [1.807, 2.05) is 6.07 Å². The predicted octanol–water partition coefficient (Wildman–Crippen LogP) is 2.62. The highest BCUT2D eigenvalue weighted by Gasteiger charge is 2.20. The number of rotatable bonds is 3. The molecule has 0 unspecified atom stereocenters. The van der Waals surface area contributed by atoms with Crippen LogP contribution in [0.25, 0.3) is 0 Å². The molecule has 3 heteroatoms. The number of ketones is 2. The second-order valence-electron chi connectivity index (χ2n) is 3.68. The van der Waals surface area contributed by atoms with Gasteiger partial charge >= 0.3 is 0 Å². The Morgan fingerprint density at radius 1 is 0.833 bits per heavy atom. The quantitative estimate of drug-likeness (QED) is 0.607. The zero-order chi connectivity index (χ0) is 13.0. The Balaban J connectivity index is 2.39. The molecule has 2 aromatic carbocycles. The first-order valence-electron chi connectivity index (χ1n) is 5.37. The molecule has 0 heterocycles. The summed E-state index contributed by atoms with van der Waals surface area (Å²) < 4.78 is 0. The molecule has 0 aliphatic heterocycles. The van der Waals surface area contributed by atoms with E-state index in [1.165, 1.54) is 12.1 Å². The molecule has 0 fully saturated rings. The van der Waals surface area contributed by atoms with Crippen LogP contribution in [0.3, 0.4) is 0 Å². The molecule has 2 aromatic rings. The average Bonchev–Trinajstić information content (AvgIpc) is 2.46. The first-order chi connectivity index (χ1) is 8.74. The number of Topliss-reactive ketones (excluding diaryl/α,β-unsaturated/α-hetero) is 2. The summed E-state index contributed by atoms with van der Waals surface area (Å²) in [5.74, 6) is -1.25. The Morgan fingerprint density at radius 3 is 2.11 bits per heavy atom. The normalized spacial score (nSPS) is 9.50. The van der Waals surface area contributed by atoms with Crippen molar-refractivity contribution in [1.82, 2.24) is 0 Å². The maximum absolute atomic E-state index is 12.0. The van der Waals surface area contributed by atoms with E-state index in [0.717, 1.165) is 0 Å². The zero-order valence-electron chi connectivity index (χ0n) is 9.46. The minimum atomic E-state index is -0.654. The van der Waals surface area contributed by atoms with E-state index < -0.39 is 11.6 Å². The molecule has 0 saturated heterocycles. The number of carbonyl (C=O) groups excluding carboxylic acids is 2. The van der Waals surface area contributed by atoms with Crippen LogP contribution < -0.4 is 0 Å². The summed E-state index contributed by atoms with van der Waals surface area (Å²) in [5, 5.41) is 8.91. The molecule has 0 aromatic heterocycles. The van der Waals surface area contributed by atoms with Gasteiger partial charge in [0.2, 0.25) is 11.6 Å². The van der Waals surface area contributed by atoms with Crippen molar-refractivity contribution >= 4 is 11.6 Å². The van der Waals surface area contributed by atoms with E-state index in [9.17, 15) is 9.59 Å². The highest BCUT2D eigenvalue weighted by atomic mass is 16.2. The molecule has 0 amide bonds. The Bertz CT molecular complexity index is 639. The van der Waals surface area contributed by atoms with Gasteiger partial charge in [-0.05, 0) is 12.1 Å². The minimum absolute atomic E-state index is 0.147. The fraction of sp³-hybridized carbons (Fsp3) is 0. The van der Waals surface area contributed by atoms with Gasteiger partial charge in [-0.2, -0.15) is 5.26 Å². The lowest BCUT2D eigenvalue weighted by Gasteiger charge is -2.02. The number of carbonyl (C=O) groups is 2. The van der Waals surface area contributed by atoms with Crippen LogP contribution >= 0.6 is 0 Å². The van der Waals surface area contributed by atoms with Gasteiger partial charge in [0.15, 0.2) is 0 Å². The standard InChI is InChI=1S/C15H9NO2/c16-10-12-8-4-5-9-13(12)15(18)14(17)11-6-2-1-3-7-11/h1-9H. The second kappa shape index (κ2) is 5.07. The first-order valence-corrected chi connectivity index (χ1v) is 5.37. The molecule has 0 spiro atoms. The fourth-order valence-corrected chi connectivity index (χ4v) is 1.62. The molecule has 3 nitrogen and oxygen atoms in total. The van der Waals surface area contributed by atoms with Crippen LogP contribution in [-0.4, -0.2) is 11.6 Å².